The van der Waals surface area contributed by atoms with E-state index in [4.69, 9.17) is 17.3 Å². The molecule has 0 saturated carbocycles. The molecule has 1 amide bonds. The predicted molar refractivity (Wildman–Crippen MR) is 76.8 cm³/mol. The molecule has 0 atom stereocenters. The highest BCUT2D eigenvalue weighted by atomic mass is 35.5. The molecule has 0 spiro atoms. The van der Waals surface area contributed by atoms with E-state index < -0.39 is 0 Å². The number of nitrogens with zero attached hydrogens (tertiary/aromatic N) is 3. The van der Waals surface area contributed by atoms with Crippen LogP contribution in [0.4, 0.5) is 11.4 Å². The molecule has 2 aromatic heterocycles. The molecule has 100 valence electrons. The summed E-state index contributed by atoms with van der Waals surface area (Å²) in [5.41, 5.74) is 7.76. The lowest BCUT2D eigenvalue weighted by Gasteiger charge is -2.07. The van der Waals surface area contributed by atoms with E-state index in [0.29, 0.717) is 27.5 Å². The van der Waals surface area contributed by atoms with Gasteiger partial charge >= 0.3 is 0 Å². The van der Waals surface area contributed by atoms with Crippen molar-refractivity contribution in [3.63, 3.8) is 0 Å². The predicted octanol–water partition coefficient (Wildman–Crippen LogP) is 2.22. The molecule has 0 unspecified atom stereocenters. The fraction of sp³-hybridized carbons (Fsp3) is 0. The van der Waals surface area contributed by atoms with Crippen molar-refractivity contribution in [1.29, 1.82) is 0 Å². The van der Waals surface area contributed by atoms with Gasteiger partial charge in [0.05, 0.1) is 34.8 Å². The minimum atomic E-state index is -0.304. The van der Waals surface area contributed by atoms with Gasteiger partial charge in [0, 0.05) is 17.4 Å². The number of hydrogen-bond donors (Lipinski definition) is 2. The maximum atomic E-state index is 12.2. The third-order valence-corrected chi connectivity index (χ3v) is 3.07. The zero-order valence-corrected chi connectivity index (χ0v) is 11.0. The maximum Gasteiger partial charge on any atom is 0.259 e. The molecule has 7 heteroatoms. The largest absolute Gasteiger partial charge is 0.397 e. The van der Waals surface area contributed by atoms with E-state index in [0.717, 1.165) is 0 Å². The fourth-order valence-electron chi connectivity index (χ4n) is 1.85. The second-order valence-electron chi connectivity index (χ2n) is 4.15. The van der Waals surface area contributed by atoms with E-state index in [1.54, 1.807) is 41.3 Å². The average molecular weight is 288 g/mol. The number of anilines is 2. The van der Waals surface area contributed by atoms with E-state index in [1.807, 2.05) is 0 Å². The minimum Gasteiger partial charge on any atom is -0.397 e. The number of rotatable bonds is 2. The van der Waals surface area contributed by atoms with E-state index >= 15 is 0 Å². The van der Waals surface area contributed by atoms with E-state index in [-0.39, 0.29) is 5.91 Å². The van der Waals surface area contributed by atoms with Crippen molar-refractivity contribution in [3.8, 4) is 0 Å². The van der Waals surface area contributed by atoms with Crippen LogP contribution < -0.4 is 11.1 Å². The van der Waals surface area contributed by atoms with Gasteiger partial charge in [-0.05, 0) is 18.2 Å². The van der Waals surface area contributed by atoms with Gasteiger partial charge in [-0.3, -0.25) is 9.78 Å². The van der Waals surface area contributed by atoms with Gasteiger partial charge in [0.1, 0.15) is 0 Å². The Morgan fingerprint density at radius 3 is 3.00 bits per heavy atom. The molecule has 0 fully saturated rings. The molecule has 2 heterocycles. The van der Waals surface area contributed by atoms with Crippen molar-refractivity contribution in [1.82, 2.24) is 14.6 Å². The van der Waals surface area contributed by atoms with E-state index in [1.165, 1.54) is 6.20 Å². The fourth-order valence-corrected chi connectivity index (χ4v) is 2.03. The van der Waals surface area contributed by atoms with Gasteiger partial charge in [0.15, 0.2) is 0 Å². The summed E-state index contributed by atoms with van der Waals surface area (Å²) in [6, 6.07) is 4.89. The first-order chi connectivity index (χ1) is 9.65. The van der Waals surface area contributed by atoms with Gasteiger partial charge in [-0.1, -0.05) is 11.6 Å². The lowest BCUT2D eigenvalue weighted by atomic mass is 10.2. The number of nitrogens with two attached hydrogens (primary N) is 1. The number of benzene rings is 1. The average Bonchev–Trinajstić information content (AvgIpc) is 2.86. The third kappa shape index (κ3) is 2.17. The van der Waals surface area contributed by atoms with Crippen molar-refractivity contribution < 1.29 is 4.79 Å². The summed E-state index contributed by atoms with van der Waals surface area (Å²) in [6.45, 7) is 0. The van der Waals surface area contributed by atoms with Gasteiger partial charge in [-0.15, -0.1) is 0 Å². The lowest BCUT2D eigenvalue weighted by Crippen LogP contribution is -2.13. The summed E-state index contributed by atoms with van der Waals surface area (Å²) in [7, 11) is 0. The molecule has 1 aromatic carbocycles. The third-order valence-electron chi connectivity index (χ3n) is 2.83. The molecule has 20 heavy (non-hydrogen) atoms. The molecule has 3 N–H and O–H groups in total. The molecular formula is C13H10ClN5O. The number of hydrogen-bond acceptors (Lipinski definition) is 4. The number of carbonyl (C=O) groups excluding carboxylic acids is 1. The smallest absolute Gasteiger partial charge is 0.259 e. The molecule has 0 radical (unpaired) electrons. The molecule has 3 aromatic rings. The van der Waals surface area contributed by atoms with Gasteiger partial charge in [0.2, 0.25) is 0 Å². The SMILES string of the molecule is Nc1cc(Cl)ccc1NC(=O)c1cnn2ccncc12. The van der Waals surface area contributed by atoms with Crippen LogP contribution in [-0.4, -0.2) is 20.5 Å². The van der Waals surface area contributed by atoms with Crippen LogP contribution in [0.15, 0.2) is 43.0 Å². The highest BCUT2D eigenvalue weighted by molar-refractivity contribution is 6.31. The maximum absolute atomic E-state index is 12.2. The van der Waals surface area contributed by atoms with Gasteiger partial charge in [-0.25, -0.2) is 4.52 Å². The first-order valence-corrected chi connectivity index (χ1v) is 6.16. The molecular weight excluding hydrogens is 278 g/mol. The molecule has 0 aliphatic heterocycles. The normalized spacial score (nSPS) is 10.7. The number of fused-ring (bicyclic) bond motifs is 1. The number of halogens is 1. The van der Waals surface area contributed by atoms with Crippen molar-refractivity contribution >= 4 is 34.4 Å². The van der Waals surface area contributed by atoms with Crippen molar-refractivity contribution in [2.75, 3.05) is 11.1 Å². The summed E-state index contributed by atoms with van der Waals surface area (Å²) in [5.74, 6) is -0.304. The van der Waals surface area contributed by atoms with Crippen LogP contribution >= 0.6 is 11.6 Å². The monoisotopic (exact) mass is 287 g/mol. The Balaban J connectivity index is 1.93. The van der Waals surface area contributed by atoms with Crippen LogP contribution in [0.5, 0.6) is 0 Å². The van der Waals surface area contributed by atoms with Crippen molar-refractivity contribution in [3.05, 3.63) is 53.6 Å². The van der Waals surface area contributed by atoms with Crippen LogP contribution in [-0.2, 0) is 0 Å². The van der Waals surface area contributed by atoms with Gasteiger partial charge in [0.25, 0.3) is 5.91 Å². The standard InChI is InChI=1S/C13H10ClN5O/c14-8-1-2-11(10(15)5-8)18-13(20)9-6-17-19-4-3-16-7-12(9)19/h1-7H,15H2,(H,18,20). The second-order valence-corrected chi connectivity index (χ2v) is 4.59. The summed E-state index contributed by atoms with van der Waals surface area (Å²) in [6.07, 6.45) is 6.33. The Labute approximate surface area is 119 Å². The first kappa shape index (κ1) is 12.4. The first-order valence-electron chi connectivity index (χ1n) is 5.79. The van der Waals surface area contributed by atoms with Crippen LogP contribution in [0.1, 0.15) is 10.4 Å². The molecule has 6 nitrogen and oxygen atoms in total. The van der Waals surface area contributed by atoms with Crippen LogP contribution in [0.2, 0.25) is 5.02 Å². The minimum absolute atomic E-state index is 0.304. The number of carbonyl (C=O) groups is 1. The zero-order valence-electron chi connectivity index (χ0n) is 10.2. The summed E-state index contributed by atoms with van der Waals surface area (Å²) in [5, 5.41) is 7.32. The summed E-state index contributed by atoms with van der Waals surface area (Å²) in [4.78, 5) is 16.2. The number of amides is 1. The lowest BCUT2D eigenvalue weighted by molar-refractivity contribution is 0.102. The Bertz CT molecular complexity index is 798. The van der Waals surface area contributed by atoms with Gasteiger partial charge in [-0.2, -0.15) is 5.10 Å². The van der Waals surface area contributed by atoms with Gasteiger partial charge < -0.3 is 11.1 Å². The molecule has 0 saturated heterocycles. The highest BCUT2D eigenvalue weighted by Crippen LogP contribution is 2.23. The molecule has 3 rings (SSSR count). The molecule has 0 aliphatic carbocycles. The van der Waals surface area contributed by atoms with E-state index in [9.17, 15) is 4.79 Å². The topological polar surface area (TPSA) is 85.3 Å². The number of aromatic nitrogens is 3. The summed E-state index contributed by atoms with van der Waals surface area (Å²) >= 11 is 5.82. The van der Waals surface area contributed by atoms with Crippen molar-refractivity contribution in [2.24, 2.45) is 0 Å². The Kier molecular flexibility index (Phi) is 3.00. The van der Waals surface area contributed by atoms with Crippen LogP contribution in [0.3, 0.4) is 0 Å². The quantitative estimate of drug-likeness (QED) is 0.708. The van der Waals surface area contributed by atoms with Crippen molar-refractivity contribution in [2.45, 2.75) is 0 Å². The Morgan fingerprint density at radius 1 is 1.35 bits per heavy atom. The zero-order chi connectivity index (χ0) is 14.1. The number of nitrogens with one attached hydrogen (secondary N) is 1. The molecule has 0 aliphatic rings. The Morgan fingerprint density at radius 2 is 2.20 bits per heavy atom. The second kappa shape index (κ2) is 4.82. The highest BCUT2D eigenvalue weighted by Gasteiger charge is 2.14. The molecule has 0 bridgehead atoms. The van der Waals surface area contributed by atoms with Crippen LogP contribution in [0, 0.1) is 0 Å². The van der Waals surface area contributed by atoms with E-state index in [2.05, 4.69) is 15.4 Å². The Hall–Kier alpha value is -2.60. The van der Waals surface area contributed by atoms with Crippen LogP contribution in [0.25, 0.3) is 5.52 Å². The summed E-state index contributed by atoms with van der Waals surface area (Å²) < 4.78 is 1.58. The number of nitrogen functional groups attached to an aromatic ring is 1.